The second kappa shape index (κ2) is 10.1. The second-order valence-electron chi connectivity index (χ2n) is 9.14. The number of H-pyrrole nitrogens is 1. The van der Waals surface area contributed by atoms with Gasteiger partial charge in [-0.05, 0) is 60.0 Å². The summed E-state index contributed by atoms with van der Waals surface area (Å²) in [6, 6.07) is 13.5. The number of aromatic nitrogens is 2. The van der Waals surface area contributed by atoms with Crippen molar-refractivity contribution in [3.63, 3.8) is 0 Å². The minimum absolute atomic E-state index is 0.00565. The smallest absolute Gasteiger partial charge is 0.329 e. The molecule has 5 rings (SSSR count). The largest absolute Gasteiger partial charge is 0.348 e. The summed E-state index contributed by atoms with van der Waals surface area (Å²) in [7, 11) is 0. The maximum Gasteiger partial charge on any atom is 0.329 e. The zero-order valence-electron chi connectivity index (χ0n) is 19.6. The first kappa shape index (κ1) is 24.5. The van der Waals surface area contributed by atoms with Gasteiger partial charge in [0.25, 0.3) is 11.5 Å². The molecule has 0 aliphatic carbocycles. The van der Waals surface area contributed by atoms with Crippen molar-refractivity contribution < 1.29 is 18.0 Å². The quantitative estimate of drug-likeness (QED) is 0.419. The minimum Gasteiger partial charge on any atom is -0.348 e. The van der Waals surface area contributed by atoms with Gasteiger partial charge in [-0.1, -0.05) is 18.2 Å². The van der Waals surface area contributed by atoms with Crippen LogP contribution >= 0.6 is 0 Å². The number of fused-ring (bicyclic) bond motifs is 1. The Balaban J connectivity index is 1.31. The highest BCUT2D eigenvalue weighted by atomic mass is 19.1. The van der Waals surface area contributed by atoms with Gasteiger partial charge >= 0.3 is 5.69 Å². The van der Waals surface area contributed by atoms with Crippen LogP contribution in [-0.4, -0.2) is 39.5 Å². The lowest BCUT2D eigenvalue weighted by Gasteiger charge is -2.17. The Kier molecular flexibility index (Phi) is 6.66. The number of aromatic amines is 1. The van der Waals surface area contributed by atoms with Crippen LogP contribution in [0.3, 0.4) is 0 Å². The number of benzene rings is 3. The summed E-state index contributed by atoms with van der Waals surface area (Å²) >= 11 is 0. The second-order valence-corrected chi connectivity index (χ2v) is 9.14. The predicted molar refractivity (Wildman–Crippen MR) is 132 cm³/mol. The van der Waals surface area contributed by atoms with Crippen molar-refractivity contribution in [2.75, 3.05) is 13.1 Å². The lowest BCUT2D eigenvalue weighted by Crippen LogP contribution is -2.37. The van der Waals surface area contributed by atoms with Crippen LogP contribution in [0.5, 0.6) is 0 Å². The first-order valence-electron chi connectivity index (χ1n) is 11.8. The molecule has 0 saturated carbocycles. The molecular formula is C27H23F3N4O3. The Morgan fingerprint density at radius 1 is 0.919 bits per heavy atom. The topological polar surface area (TPSA) is 87.2 Å². The molecule has 190 valence electrons. The molecule has 7 nitrogen and oxygen atoms in total. The van der Waals surface area contributed by atoms with Gasteiger partial charge < -0.3 is 5.32 Å². The SMILES string of the molecule is O=C(NC1CCN(Cc2ccc(F)cc2)C1)c1cc(Cn2c(=O)[nH]c(=O)c3cc(F)ccc32)ccc1F. The van der Waals surface area contributed by atoms with Gasteiger partial charge in [-0.15, -0.1) is 0 Å². The van der Waals surface area contributed by atoms with E-state index in [0.29, 0.717) is 25.1 Å². The molecule has 3 aromatic carbocycles. The molecule has 1 atom stereocenters. The van der Waals surface area contributed by atoms with Crippen molar-refractivity contribution >= 4 is 16.8 Å². The third kappa shape index (κ3) is 5.34. The molecule has 4 aromatic rings. The van der Waals surface area contributed by atoms with Crippen molar-refractivity contribution in [1.29, 1.82) is 0 Å². The van der Waals surface area contributed by atoms with E-state index in [9.17, 15) is 27.6 Å². The van der Waals surface area contributed by atoms with Crippen LogP contribution in [0.25, 0.3) is 10.9 Å². The predicted octanol–water partition coefficient (Wildman–Crippen LogP) is 3.16. The molecule has 1 amide bonds. The molecule has 0 spiro atoms. The standard InChI is InChI=1S/C27H23F3N4O3/c28-18-4-1-16(2-5-18)13-33-10-9-20(15-33)31-25(35)21-11-17(3-7-23(21)30)14-34-24-8-6-19(29)12-22(24)26(36)32-27(34)37/h1-8,11-12,20H,9-10,13-15H2,(H,31,35)(H,32,36,37). The molecule has 1 aliphatic rings. The summed E-state index contributed by atoms with van der Waals surface area (Å²) in [6.45, 7) is 1.85. The van der Waals surface area contributed by atoms with Crippen molar-refractivity contribution in [2.45, 2.75) is 25.6 Å². The molecule has 2 N–H and O–H groups in total. The van der Waals surface area contributed by atoms with Crippen molar-refractivity contribution in [1.82, 2.24) is 19.8 Å². The fourth-order valence-corrected chi connectivity index (χ4v) is 4.66. The number of rotatable bonds is 6. The van der Waals surface area contributed by atoms with E-state index in [-0.39, 0.29) is 34.9 Å². The number of carbonyl (C=O) groups is 1. The zero-order chi connectivity index (χ0) is 26.1. The highest BCUT2D eigenvalue weighted by Gasteiger charge is 2.25. The number of hydrogen-bond donors (Lipinski definition) is 2. The molecule has 1 unspecified atom stereocenters. The summed E-state index contributed by atoms with van der Waals surface area (Å²) in [5.74, 6) is -2.20. The third-order valence-electron chi connectivity index (χ3n) is 6.50. The molecule has 0 bridgehead atoms. The van der Waals surface area contributed by atoms with Crippen LogP contribution in [0.15, 0.2) is 70.3 Å². The van der Waals surface area contributed by atoms with Gasteiger partial charge in [0, 0.05) is 25.7 Å². The van der Waals surface area contributed by atoms with E-state index in [1.807, 2.05) is 0 Å². The molecule has 1 aliphatic heterocycles. The number of carbonyl (C=O) groups excluding carboxylic acids is 1. The van der Waals surface area contributed by atoms with E-state index in [0.717, 1.165) is 30.3 Å². The normalized spacial score (nSPS) is 15.8. The number of nitrogens with one attached hydrogen (secondary N) is 2. The van der Waals surface area contributed by atoms with Crippen molar-refractivity contribution in [2.24, 2.45) is 0 Å². The van der Waals surface area contributed by atoms with Crippen molar-refractivity contribution in [3.05, 3.63) is 116 Å². The maximum absolute atomic E-state index is 14.6. The Morgan fingerprint density at radius 2 is 1.65 bits per heavy atom. The van der Waals surface area contributed by atoms with Gasteiger partial charge in [-0.2, -0.15) is 0 Å². The van der Waals surface area contributed by atoms with E-state index < -0.39 is 28.8 Å². The van der Waals surface area contributed by atoms with E-state index >= 15 is 0 Å². The summed E-state index contributed by atoms with van der Waals surface area (Å²) in [5, 5.41) is 2.87. The van der Waals surface area contributed by atoms with Crippen LogP contribution in [0.4, 0.5) is 13.2 Å². The monoisotopic (exact) mass is 508 g/mol. The number of nitrogens with zero attached hydrogens (tertiary/aromatic N) is 2. The van der Waals surface area contributed by atoms with Gasteiger partial charge in [0.2, 0.25) is 0 Å². The molecule has 10 heteroatoms. The fraction of sp³-hybridized carbons (Fsp3) is 0.222. The Morgan fingerprint density at radius 3 is 2.43 bits per heavy atom. The summed E-state index contributed by atoms with van der Waals surface area (Å²) in [6.07, 6.45) is 0.684. The van der Waals surface area contributed by atoms with E-state index in [1.54, 1.807) is 12.1 Å². The van der Waals surface area contributed by atoms with E-state index in [2.05, 4.69) is 15.2 Å². The summed E-state index contributed by atoms with van der Waals surface area (Å²) in [4.78, 5) is 41.8. The number of hydrogen-bond acceptors (Lipinski definition) is 4. The van der Waals surface area contributed by atoms with Crippen LogP contribution < -0.4 is 16.6 Å². The van der Waals surface area contributed by atoms with Crippen LogP contribution in [-0.2, 0) is 13.1 Å². The van der Waals surface area contributed by atoms with Gasteiger partial charge in [-0.25, -0.2) is 18.0 Å². The van der Waals surface area contributed by atoms with Gasteiger partial charge in [0.15, 0.2) is 0 Å². The zero-order valence-corrected chi connectivity index (χ0v) is 19.6. The average molecular weight is 509 g/mol. The summed E-state index contributed by atoms with van der Waals surface area (Å²) < 4.78 is 42.6. The lowest BCUT2D eigenvalue weighted by atomic mass is 10.1. The first-order chi connectivity index (χ1) is 17.8. The fourth-order valence-electron chi connectivity index (χ4n) is 4.66. The molecular weight excluding hydrogens is 485 g/mol. The molecule has 1 aromatic heterocycles. The third-order valence-corrected chi connectivity index (χ3v) is 6.50. The number of halogens is 3. The van der Waals surface area contributed by atoms with Gasteiger partial charge in [0.05, 0.1) is 23.0 Å². The minimum atomic E-state index is -0.708. The average Bonchev–Trinajstić information content (AvgIpc) is 3.30. The van der Waals surface area contributed by atoms with Gasteiger partial charge in [0.1, 0.15) is 17.5 Å². The lowest BCUT2D eigenvalue weighted by molar-refractivity contribution is 0.0933. The number of likely N-dealkylation sites (tertiary alicyclic amines) is 1. The van der Waals surface area contributed by atoms with Crippen LogP contribution in [0.2, 0.25) is 0 Å². The molecule has 0 radical (unpaired) electrons. The maximum atomic E-state index is 14.6. The molecule has 1 fully saturated rings. The van der Waals surface area contributed by atoms with Crippen LogP contribution in [0, 0.1) is 17.5 Å². The summed E-state index contributed by atoms with van der Waals surface area (Å²) in [5.41, 5.74) is 0.0575. The Labute approximate surface area is 209 Å². The molecule has 2 heterocycles. The van der Waals surface area contributed by atoms with E-state index in [1.165, 1.54) is 34.9 Å². The van der Waals surface area contributed by atoms with E-state index in [4.69, 9.17) is 0 Å². The highest BCUT2D eigenvalue weighted by molar-refractivity contribution is 5.95. The first-order valence-corrected chi connectivity index (χ1v) is 11.8. The Bertz CT molecular complexity index is 1600. The molecule has 37 heavy (non-hydrogen) atoms. The molecule has 1 saturated heterocycles. The number of amides is 1. The van der Waals surface area contributed by atoms with Crippen molar-refractivity contribution in [3.8, 4) is 0 Å². The van der Waals surface area contributed by atoms with Gasteiger partial charge in [-0.3, -0.25) is 24.0 Å². The van der Waals surface area contributed by atoms with Crippen LogP contribution in [0.1, 0.15) is 27.9 Å². The Hall–Kier alpha value is -4.18. The highest BCUT2D eigenvalue weighted by Crippen LogP contribution is 2.18.